The maximum Gasteiger partial charge on any atom is 0.261 e. The van der Waals surface area contributed by atoms with Crippen LogP contribution < -0.4 is 10.6 Å². The molecular weight excluding hydrogens is 376 g/mol. The Labute approximate surface area is 157 Å². The van der Waals surface area contributed by atoms with Crippen molar-refractivity contribution in [1.29, 1.82) is 0 Å². The fourth-order valence-corrected chi connectivity index (χ4v) is 2.50. The third-order valence-corrected chi connectivity index (χ3v) is 3.92. The van der Waals surface area contributed by atoms with Gasteiger partial charge in [-0.3, -0.25) is 9.89 Å². The van der Waals surface area contributed by atoms with Gasteiger partial charge >= 0.3 is 0 Å². The van der Waals surface area contributed by atoms with Gasteiger partial charge in [0.25, 0.3) is 5.91 Å². The molecule has 144 valence electrons. The van der Waals surface area contributed by atoms with Gasteiger partial charge in [-0.25, -0.2) is 17.6 Å². The number of halogens is 4. The summed E-state index contributed by atoms with van der Waals surface area (Å²) >= 11 is 0. The van der Waals surface area contributed by atoms with E-state index >= 15 is 0 Å². The number of rotatable bonds is 6. The summed E-state index contributed by atoms with van der Waals surface area (Å²) in [4.78, 5) is 12.2. The predicted molar refractivity (Wildman–Crippen MR) is 95.1 cm³/mol. The summed E-state index contributed by atoms with van der Waals surface area (Å²) in [7, 11) is 0. The highest BCUT2D eigenvalue weighted by Gasteiger charge is 2.20. The average Bonchev–Trinajstić information content (AvgIpc) is 3.09. The smallest absolute Gasteiger partial charge is 0.261 e. The molecule has 9 heteroatoms. The van der Waals surface area contributed by atoms with E-state index in [9.17, 15) is 22.4 Å². The topological polar surface area (TPSA) is 69.8 Å². The van der Waals surface area contributed by atoms with E-state index < -0.39 is 34.7 Å². The zero-order chi connectivity index (χ0) is 20.3. The normalized spacial score (nSPS) is 10.6. The van der Waals surface area contributed by atoms with Crippen molar-refractivity contribution in [3.8, 4) is 0 Å². The molecule has 0 bridgehead atoms. The van der Waals surface area contributed by atoms with E-state index in [0.717, 1.165) is 30.3 Å². The standard InChI is InChI=1S/C19H14F4N4O/c1-10(24-8-11-12(20)4-2-5-13(11)21)18-16(9-25-27-18)26-19(28)17-14(22)6-3-7-15(17)23/h2-7,9,24H,1,8H2,(H,25,27)(H,26,28). The Hall–Kier alpha value is -3.62. The van der Waals surface area contributed by atoms with Gasteiger partial charge in [0, 0.05) is 12.1 Å². The zero-order valence-electron chi connectivity index (χ0n) is 14.3. The quantitative estimate of drug-likeness (QED) is 0.558. The van der Waals surface area contributed by atoms with Crippen LogP contribution >= 0.6 is 0 Å². The molecule has 5 nitrogen and oxygen atoms in total. The average molecular weight is 390 g/mol. The molecule has 3 N–H and O–H groups in total. The molecule has 0 atom stereocenters. The molecule has 0 radical (unpaired) electrons. The number of benzene rings is 2. The highest BCUT2D eigenvalue weighted by molar-refractivity contribution is 6.05. The maximum atomic E-state index is 13.7. The Bertz CT molecular complexity index is 1010. The first-order valence-electron chi connectivity index (χ1n) is 8.03. The predicted octanol–water partition coefficient (Wildman–Crippen LogP) is 3.98. The summed E-state index contributed by atoms with van der Waals surface area (Å²) in [5.74, 6) is -4.52. The highest BCUT2D eigenvalue weighted by Crippen LogP contribution is 2.21. The van der Waals surface area contributed by atoms with Crippen molar-refractivity contribution in [3.63, 3.8) is 0 Å². The lowest BCUT2D eigenvalue weighted by molar-refractivity contribution is 0.101. The Morgan fingerprint density at radius 2 is 1.57 bits per heavy atom. The zero-order valence-corrected chi connectivity index (χ0v) is 14.3. The third-order valence-electron chi connectivity index (χ3n) is 3.92. The lowest BCUT2D eigenvalue weighted by atomic mass is 10.1. The molecule has 0 fully saturated rings. The van der Waals surface area contributed by atoms with Crippen molar-refractivity contribution in [2.75, 3.05) is 5.32 Å². The molecular formula is C19H14F4N4O. The lowest BCUT2D eigenvalue weighted by Gasteiger charge is -2.12. The molecule has 28 heavy (non-hydrogen) atoms. The first-order chi connectivity index (χ1) is 13.4. The molecule has 2 aromatic carbocycles. The van der Waals surface area contributed by atoms with Crippen molar-refractivity contribution >= 4 is 17.3 Å². The van der Waals surface area contributed by atoms with Gasteiger partial charge in [-0.15, -0.1) is 0 Å². The van der Waals surface area contributed by atoms with Gasteiger partial charge < -0.3 is 10.6 Å². The van der Waals surface area contributed by atoms with E-state index in [-0.39, 0.29) is 29.2 Å². The number of nitrogens with one attached hydrogen (secondary N) is 3. The van der Waals surface area contributed by atoms with Gasteiger partial charge in [0.2, 0.25) is 0 Å². The van der Waals surface area contributed by atoms with Crippen LogP contribution in [-0.4, -0.2) is 16.1 Å². The lowest BCUT2D eigenvalue weighted by Crippen LogP contribution is -2.18. The van der Waals surface area contributed by atoms with Crippen molar-refractivity contribution in [2.45, 2.75) is 6.54 Å². The van der Waals surface area contributed by atoms with Crippen molar-refractivity contribution < 1.29 is 22.4 Å². The Morgan fingerprint density at radius 3 is 2.18 bits per heavy atom. The molecule has 1 aromatic heterocycles. The van der Waals surface area contributed by atoms with Gasteiger partial charge in [-0.2, -0.15) is 5.10 Å². The monoisotopic (exact) mass is 390 g/mol. The van der Waals surface area contributed by atoms with Crippen LogP contribution in [0.25, 0.3) is 5.70 Å². The fraction of sp³-hybridized carbons (Fsp3) is 0.0526. The molecule has 0 aliphatic heterocycles. The Morgan fingerprint density at radius 1 is 1.00 bits per heavy atom. The first kappa shape index (κ1) is 19.2. The number of hydrogen-bond donors (Lipinski definition) is 3. The van der Waals surface area contributed by atoms with Gasteiger partial charge in [0.05, 0.1) is 17.6 Å². The van der Waals surface area contributed by atoms with Crippen LogP contribution in [0.3, 0.4) is 0 Å². The van der Waals surface area contributed by atoms with E-state index in [4.69, 9.17) is 0 Å². The Kier molecular flexibility index (Phi) is 5.44. The van der Waals surface area contributed by atoms with Gasteiger partial charge in [0.15, 0.2) is 0 Å². The molecule has 0 aliphatic carbocycles. The summed E-state index contributed by atoms with van der Waals surface area (Å²) in [6, 6.07) is 6.53. The second-order valence-electron chi connectivity index (χ2n) is 5.74. The number of anilines is 1. The van der Waals surface area contributed by atoms with E-state index in [1.165, 1.54) is 12.3 Å². The van der Waals surface area contributed by atoms with Crippen molar-refractivity contribution in [3.05, 3.63) is 89.3 Å². The summed E-state index contributed by atoms with van der Waals surface area (Å²) in [5, 5.41) is 11.3. The van der Waals surface area contributed by atoms with Gasteiger partial charge in [-0.05, 0) is 24.3 Å². The summed E-state index contributed by atoms with van der Waals surface area (Å²) in [6.45, 7) is 3.50. The van der Waals surface area contributed by atoms with E-state index in [2.05, 4.69) is 27.4 Å². The highest BCUT2D eigenvalue weighted by atomic mass is 19.1. The number of hydrogen-bond acceptors (Lipinski definition) is 3. The van der Waals surface area contributed by atoms with Crippen molar-refractivity contribution in [1.82, 2.24) is 15.5 Å². The minimum Gasteiger partial charge on any atom is -0.379 e. The van der Waals surface area contributed by atoms with Crippen LogP contribution in [0.5, 0.6) is 0 Å². The molecule has 1 amide bonds. The molecule has 3 aromatic rings. The van der Waals surface area contributed by atoms with Gasteiger partial charge in [-0.1, -0.05) is 18.7 Å². The molecule has 1 heterocycles. The molecule has 0 spiro atoms. The third kappa shape index (κ3) is 3.88. The van der Waals surface area contributed by atoms with E-state index in [0.29, 0.717) is 0 Å². The maximum absolute atomic E-state index is 13.7. The summed E-state index contributed by atoms with van der Waals surface area (Å²) in [6.07, 6.45) is 1.21. The summed E-state index contributed by atoms with van der Waals surface area (Å²) < 4.78 is 54.9. The largest absolute Gasteiger partial charge is 0.379 e. The number of aromatic amines is 1. The fourth-order valence-electron chi connectivity index (χ4n) is 2.50. The number of amides is 1. The second-order valence-corrected chi connectivity index (χ2v) is 5.74. The number of nitrogens with zero attached hydrogens (tertiary/aromatic N) is 1. The summed E-state index contributed by atoms with van der Waals surface area (Å²) in [5.41, 5.74) is -0.519. The molecule has 0 saturated carbocycles. The number of carbonyl (C=O) groups is 1. The molecule has 0 saturated heterocycles. The number of aromatic nitrogens is 2. The van der Waals surface area contributed by atoms with E-state index in [1.54, 1.807) is 0 Å². The van der Waals surface area contributed by atoms with Gasteiger partial charge in [0.1, 0.15) is 34.5 Å². The van der Waals surface area contributed by atoms with Crippen LogP contribution in [0.15, 0.2) is 49.2 Å². The Balaban J connectivity index is 1.74. The number of carbonyl (C=O) groups excluding carboxylic acids is 1. The van der Waals surface area contributed by atoms with Crippen LogP contribution in [-0.2, 0) is 6.54 Å². The molecule has 0 unspecified atom stereocenters. The second kappa shape index (κ2) is 7.95. The van der Waals surface area contributed by atoms with Crippen LogP contribution in [0.4, 0.5) is 23.2 Å². The number of H-pyrrole nitrogens is 1. The molecule has 0 aliphatic rings. The van der Waals surface area contributed by atoms with Crippen molar-refractivity contribution in [2.24, 2.45) is 0 Å². The molecule has 3 rings (SSSR count). The van der Waals surface area contributed by atoms with Crippen LogP contribution in [0, 0.1) is 23.3 Å². The SMILES string of the molecule is C=C(NCc1c(F)cccc1F)c1[nH]ncc1NC(=O)c1c(F)cccc1F. The minimum atomic E-state index is -1.02. The van der Waals surface area contributed by atoms with Crippen LogP contribution in [0.2, 0.25) is 0 Å². The van der Waals surface area contributed by atoms with E-state index in [1.807, 2.05) is 0 Å². The van der Waals surface area contributed by atoms with Crippen LogP contribution in [0.1, 0.15) is 21.6 Å². The minimum absolute atomic E-state index is 0.0826. The first-order valence-corrected chi connectivity index (χ1v) is 8.03.